The summed E-state index contributed by atoms with van der Waals surface area (Å²) in [6.45, 7) is 13.7. The molecule has 1 aliphatic heterocycles. The maximum absolute atomic E-state index is 13.8. The number of esters is 1. The van der Waals surface area contributed by atoms with Crippen LogP contribution in [0.5, 0.6) is 5.75 Å². The lowest BCUT2D eigenvalue weighted by atomic mass is 9.43. The highest BCUT2D eigenvalue weighted by atomic mass is 16.7. The maximum atomic E-state index is 13.8. The summed E-state index contributed by atoms with van der Waals surface area (Å²) in [5.41, 5.74) is 1.63. The SMILES string of the molecule is COc1c(CC(NC(=O)c2cccc(CNCCCO)c2)B2OC3CC4CC(C4(C)C)C3(C)O2)cccc1C(=O)OC(C)(C)C. The van der Waals surface area contributed by atoms with E-state index in [4.69, 9.17) is 23.9 Å². The van der Waals surface area contributed by atoms with Gasteiger partial charge in [0.25, 0.3) is 5.91 Å². The molecule has 0 spiro atoms. The highest BCUT2D eigenvalue weighted by Gasteiger charge is 2.68. The van der Waals surface area contributed by atoms with Crippen LogP contribution in [0.25, 0.3) is 0 Å². The van der Waals surface area contributed by atoms with Gasteiger partial charge < -0.3 is 34.5 Å². The molecule has 1 saturated heterocycles. The van der Waals surface area contributed by atoms with E-state index in [1.165, 1.54) is 7.11 Å². The molecule has 4 fully saturated rings. The number of aliphatic hydroxyl groups excluding tert-OH is 1. The summed E-state index contributed by atoms with van der Waals surface area (Å²) in [5, 5.41) is 15.6. The van der Waals surface area contributed by atoms with Gasteiger partial charge in [0.1, 0.15) is 16.9 Å². The van der Waals surface area contributed by atoms with Gasteiger partial charge in [-0.1, -0.05) is 38.1 Å². The second-order valence-electron chi connectivity index (χ2n) is 14.6. The molecule has 3 N–H and O–H groups in total. The molecule has 1 heterocycles. The van der Waals surface area contributed by atoms with Gasteiger partial charge in [0, 0.05) is 18.7 Å². The van der Waals surface area contributed by atoms with Gasteiger partial charge in [-0.25, -0.2) is 4.79 Å². The average molecular weight is 621 g/mol. The number of rotatable bonds is 12. The van der Waals surface area contributed by atoms with Crippen molar-refractivity contribution >= 4 is 19.0 Å². The van der Waals surface area contributed by atoms with Gasteiger partial charge in [0.2, 0.25) is 0 Å². The van der Waals surface area contributed by atoms with Crippen molar-refractivity contribution in [2.45, 2.75) is 97.0 Å². The van der Waals surface area contributed by atoms with Gasteiger partial charge in [-0.05, 0) is 106 Å². The molecule has 3 saturated carbocycles. The van der Waals surface area contributed by atoms with Gasteiger partial charge in [-0.3, -0.25) is 4.79 Å². The van der Waals surface area contributed by atoms with Crippen molar-refractivity contribution in [3.63, 3.8) is 0 Å². The Morgan fingerprint density at radius 3 is 2.58 bits per heavy atom. The van der Waals surface area contributed by atoms with Crippen molar-refractivity contribution in [3.05, 3.63) is 64.7 Å². The Labute approximate surface area is 267 Å². The van der Waals surface area contributed by atoms with Crippen molar-refractivity contribution < 1.29 is 33.5 Å². The van der Waals surface area contributed by atoms with Crippen molar-refractivity contribution in [3.8, 4) is 5.75 Å². The molecule has 2 aromatic carbocycles. The number of aliphatic hydroxyl groups is 1. The molecule has 0 aromatic heterocycles. The fourth-order valence-corrected chi connectivity index (χ4v) is 7.51. The summed E-state index contributed by atoms with van der Waals surface area (Å²) in [6, 6.07) is 12.9. The Morgan fingerprint density at radius 1 is 1.13 bits per heavy atom. The largest absolute Gasteiger partial charge is 0.496 e. The number of para-hydroxylation sites is 1. The van der Waals surface area contributed by atoms with E-state index in [9.17, 15) is 9.59 Å². The van der Waals surface area contributed by atoms with E-state index in [0.29, 0.717) is 54.6 Å². The highest BCUT2D eigenvalue weighted by Crippen LogP contribution is 2.65. The van der Waals surface area contributed by atoms with Crippen molar-refractivity contribution in [2.24, 2.45) is 17.3 Å². The first-order valence-corrected chi connectivity index (χ1v) is 16.2. The van der Waals surface area contributed by atoms with Crippen molar-refractivity contribution in [2.75, 3.05) is 20.3 Å². The molecule has 2 aromatic rings. The van der Waals surface area contributed by atoms with E-state index in [2.05, 4.69) is 31.4 Å². The Hall–Kier alpha value is -2.92. The number of carbonyl (C=O) groups excluding carboxylic acids is 2. The molecule has 3 aliphatic carbocycles. The molecule has 2 bridgehead atoms. The lowest BCUT2D eigenvalue weighted by Gasteiger charge is -2.64. The second kappa shape index (κ2) is 13.1. The van der Waals surface area contributed by atoms with Crippen LogP contribution in [0.2, 0.25) is 0 Å². The number of hydrogen-bond acceptors (Lipinski definition) is 8. The minimum atomic E-state index is -0.683. The lowest BCUT2D eigenvalue weighted by molar-refractivity contribution is -0.199. The van der Waals surface area contributed by atoms with Gasteiger partial charge in [0.05, 0.1) is 24.8 Å². The fraction of sp³-hybridized carbons (Fsp3) is 0.600. The molecular formula is C35H49BN2O7. The van der Waals surface area contributed by atoms with Crippen molar-refractivity contribution in [1.29, 1.82) is 0 Å². The molecule has 5 atom stereocenters. The van der Waals surface area contributed by atoms with Crippen LogP contribution < -0.4 is 15.4 Å². The number of hydrogen-bond donors (Lipinski definition) is 3. The molecule has 0 radical (unpaired) electrons. The summed E-state index contributed by atoms with van der Waals surface area (Å²) < 4.78 is 24.9. The van der Waals surface area contributed by atoms with Crippen LogP contribution in [0.3, 0.4) is 0 Å². The second-order valence-corrected chi connectivity index (χ2v) is 14.6. The topological polar surface area (TPSA) is 115 Å². The van der Waals surface area contributed by atoms with E-state index in [1.54, 1.807) is 18.2 Å². The van der Waals surface area contributed by atoms with Gasteiger partial charge in [-0.2, -0.15) is 0 Å². The summed E-state index contributed by atoms with van der Waals surface area (Å²) >= 11 is 0. The minimum absolute atomic E-state index is 0.0537. The molecule has 10 heteroatoms. The molecule has 5 unspecified atom stereocenters. The van der Waals surface area contributed by atoms with Crippen LogP contribution in [-0.2, 0) is 27.0 Å². The summed E-state index contributed by atoms with van der Waals surface area (Å²) in [7, 11) is 0.853. The summed E-state index contributed by atoms with van der Waals surface area (Å²) in [5.74, 6) is 0.100. The zero-order valence-corrected chi connectivity index (χ0v) is 27.8. The van der Waals surface area contributed by atoms with Gasteiger partial charge in [0.15, 0.2) is 0 Å². The third kappa shape index (κ3) is 6.94. The average Bonchev–Trinajstić information content (AvgIpc) is 3.35. The molecular weight excluding hydrogens is 571 g/mol. The Morgan fingerprint density at radius 2 is 1.89 bits per heavy atom. The van der Waals surface area contributed by atoms with Crippen molar-refractivity contribution in [1.82, 2.24) is 10.6 Å². The maximum Gasteiger partial charge on any atom is 0.482 e. The summed E-state index contributed by atoms with van der Waals surface area (Å²) in [4.78, 5) is 26.9. The monoisotopic (exact) mass is 620 g/mol. The number of methoxy groups -OCH3 is 1. The van der Waals surface area contributed by atoms with Crippen LogP contribution in [0.15, 0.2) is 42.5 Å². The first-order valence-electron chi connectivity index (χ1n) is 16.2. The zero-order valence-electron chi connectivity index (χ0n) is 27.8. The summed E-state index contributed by atoms with van der Waals surface area (Å²) in [6.07, 6.45) is 2.99. The molecule has 6 rings (SSSR count). The quantitative estimate of drug-likeness (QED) is 0.177. The van der Waals surface area contributed by atoms with Gasteiger partial charge >= 0.3 is 13.1 Å². The predicted molar refractivity (Wildman–Crippen MR) is 173 cm³/mol. The Balaban J connectivity index is 1.42. The van der Waals surface area contributed by atoms with Crippen LogP contribution >= 0.6 is 0 Å². The lowest BCUT2D eigenvalue weighted by Crippen LogP contribution is -2.65. The first-order chi connectivity index (χ1) is 21.3. The van der Waals surface area contributed by atoms with Crippen LogP contribution in [0.4, 0.5) is 0 Å². The normalized spacial score (nSPS) is 25.6. The molecule has 9 nitrogen and oxygen atoms in total. The van der Waals surface area contributed by atoms with Gasteiger partial charge in [-0.15, -0.1) is 0 Å². The highest BCUT2D eigenvalue weighted by molar-refractivity contribution is 6.48. The van der Waals surface area contributed by atoms with E-state index in [-0.39, 0.29) is 24.0 Å². The smallest absolute Gasteiger partial charge is 0.482 e. The molecule has 4 aliphatic rings. The number of ether oxygens (including phenoxy) is 2. The predicted octanol–water partition coefficient (Wildman–Crippen LogP) is 4.73. The number of amides is 1. The van der Waals surface area contributed by atoms with E-state index >= 15 is 0 Å². The fourth-order valence-electron chi connectivity index (χ4n) is 7.51. The molecule has 244 valence electrons. The zero-order chi connectivity index (χ0) is 32.6. The van der Waals surface area contributed by atoms with Crippen LogP contribution in [0, 0.1) is 17.3 Å². The molecule has 1 amide bonds. The number of carbonyl (C=O) groups is 2. The first kappa shape index (κ1) is 33.4. The van der Waals surface area contributed by atoms with Crippen LogP contribution in [-0.4, -0.2) is 67.6 Å². The number of nitrogens with one attached hydrogen (secondary N) is 2. The Kier molecular flexibility index (Phi) is 9.71. The minimum Gasteiger partial charge on any atom is -0.496 e. The third-order valence-corrected chi connectivity index (χ3v) is 10.0. The van der Waals surface area contributed by atoms with Crippen LogP contribution in [0.1, 0.15) is 92.6 Å². The third-order valence-electron chi connectivity index (χ3n) is 10.0. The van der Waals surface area contributed by atoms with E-state index < -0.39 is 30.2 Å². The number of benzene rings is 2. The molecule has 45 heavy (non-hydrogen) atoms. The Bertz CT molecular complexity index is 1390. The standard InChI is InChI=1S/C35H49BN2O7/c1-33(2,3)43-32(41)26-14-9-12-23(30(26)42-7)18-29(36-44-28-20-25-19-27(34(25,4)5)35(28,6)45-36)38-31(40)24-13-8-11-22(17-24)21-37-15-10-16-39/h8-9,11-14,17,25,27-29,37,39H,10,15-16,18-21H2,1-7H3,(H,38,40). The van der Waals surface area contributed by atoms with E-state index in [0.717, 1.165) is 24.0 Å². The van der Waals surface area contributed by atoms with E-state index in [1.807, 2.05) is 45.0 Å².